The number of unbranched alkanes of at least 4 members (excludes halogenated alkanes) is 1. The van der Waals surface area contributed by atoms with Crippen molar-refractivity contribution in [3.8, 4) is 0 Å². The second-order valence-electron chi connectivity index (χ2n) is 1.98. The molecule has 0 aromatic rings. The minimum absolute atomic E-state index is 1.01. The summed E-state index contributed by atoms with van der Waals surface area (Å²) in [6.07, 6.45) is 2.42. The first-order valence-corrected chi connectivity index (χ1v) is 3.70. The molecular formula is C6H14N2S. The van der Waals surface area contributed by atoms with Gasteiger partial charge in [0.15, 0.2) is 0 Å². The van der Waals surface area contributed by atoms with Gasteiger partial charge in [-0.2, -0.15) is 0 Å². The third kappa shape index (κ3) is 5.73. The average Bonchev–Trinajstić information content (AvgIpc) is 1.89. The third-order valence-electron chi connectivity index (χ3n) is 1.05. The van der Waals surface area contributed by atoms with Gasteiger partial charge in [-0.1, -0.05) is 25.6 Å². The number of hydrogen-bond donors (Lipinski definition) is 1. The standard InChI is InChI=1S/C6H14N2S/c1-3-4-5-7-8(2)6-9/h6-7H,3-5H2,1-2H3. The molecule has 0 bridgehead atoms. The Labute approximate surface area is 62.2 Å². The van der Waals surface area contributed by atoms with Crippen LogP contribution in [0.3, 0.4) is 0 Å². The Kier molecular flexibility index (Phi) is 5.88. The number of nitrogens with one attached hydrogen (secondary N) is 1. The second-order valence-corrected chi connectivity index (χ2v) is 2.19. The van der Waals surface area contributed by atoms with Crippen molar-refractivity contribution < 1.29 is 0 Å². The molecule has 54 valence electrons. The fraction of sp³-hybridized carbons (Fsp3) is 0.833. The van der Waals surface area contributed by atoms with E-state index in [9.17, 15) is 0 Å². The number of hydrazine groups is 1. The molecule has 0 saturated heterocycles. The highest BCUT2D eigenvalue weighted by atomic mass is 32.1. The summed E-state index contributed by atoms with van der Waals surface area (Å²) in [5.74, 6) is 0. The van der Waals surface area contributed by atoms with Crippen LogP contribution in [0.15, 0.2) is 0 Å². The number of hydrogen-bond acceptors (Lipinski definition) is 2. The largest absolute Gasteiger partial charge is 0.308 e. The quantitative estimate of drug-likeness (QED) is 0.356. The molecule has 1 N–H and O–H groups in total. The molecule has 0 aromatic heterocycles. The molecule has 0 saturated carbocycles. The van der Waals surface area contributed by atoms with Crippen molar-refractivity contribution in [2.24, 2.45) is 0 Å². The van der Waals surface area contributed by atoms with E-state index in [2.05, 4.69) is 24.6 Å². The van der Waals surface area contributed by atoms with E-state index in [-0.39, 0.29) is 0 Å². The second kappa shape index (κ2) is 5.98. The first-order valence-electron chi connectivity index (χ1n) is 3.23. The van der Waals surface area contributed by atoms with E-state index in [1.807, 2.05) is 7.05 Å². The molecule has 0 rings (SSSR count). The molecule has 0 unspecified atom stereocenters. The van der Waals surface area contributed by atoms with Crippen LogP contribution in [0, 0.1) is 0 Å². The van der Waals surface area contributed by atoms with Gasteiger partial charge in [0.2, 0.25) is 0 Å². The minimum atomic E-state index is 1.01. The summed E-state index contributed by atoms with van der Waals surface area (Å²) >= 11 is 4.66. The van der Waals surface area contributed by atoms with E-state index in [1.54, 1.807) is 10.5 Å². The molecule has 2 nitrogen and oxygen atoms in total. The molecule has 0 atom stereocenters. The van der Waals surface area contributed by atoms with Gasteiger partial charge < -0.3 is 5.01 Å². The summed E-state index contributed by atoms with van der Waals surface area (Å²) in [5.41, 5.74) is 4.70. The Morgan fingerprint density at radius 1 is 1.67 bits per heavy atom. The van der Waals surface area contributed by atoms with Crippen molar-refractivity contribution >= 4 is 17.7 Å². The normalized spacial score (nSPS) is 9.11. The maximum Gasteiger partial charge on any atom is 0.0784 e. The van der Waals surface area contributed by atoms with Gasteiger partial charge in [0.25, 0.3) is 0 Å². The summed E-state index contributed by atoms with van der Waals surface area (Å²) in [6.45, 7) is 3.18. The Bertz CT molecular complexity index is 75.5. The van der Waals surface area contributed by atoms with Crippen LogP contribution in [-0.2, 0) is 0 Å². The van der Waals surface area contributed by atoms with Crippen LogP contribution in [0.1, 0.15) is 19.8 Å². The molecule has 3 heteroatoms. The van der Waals surface area contributed by atoms with Crippen LogP contribution in [0.25, 0.3) is 0 Å². The summed E-state index contributed by atoms with van der Waals surface area (Å²) in [6, 6.07) is 0. The molecule has 0 heterocycles. The third-order valence-corrected chi connectivity index (χ3v) is 1.37. The van der Waals surface area contributed by atoms with E-state index in [0.29, 0.717) is 0 Å². The van der Waals surface area contributed by atoms with Gasteiger partial charge in [0.1, 0.15) is 0 Å². The summed E-state index contributed by atoms with van der Waals surface area (Å²) in [7, 11) is 1.91. The summed E-state index contributed by atoms with van der Waals surface area (Å²) in [5, 5.41) is 1.80. The van der Waals surface area contributed by atoms with Gasteiger partial charge in [-0.25, -0.2) is 5.43 Å². The Hall–Kier alpha value is -0.150. The molecule has 0 fully saturated rings. The van der Waals surface area contributed by atoms with Crippen molar-refractivity contribution in [1.82, 2.24) is 10.4 Å². The SMILES string of the molecule is CCCCNN(C)C=S. The van der Waals surface area contributed by atoms with Gasteiger partial charge in [-0.15, -0.1) is 0 Å². The first-order chi connectivity index (χ1) is 4.31. The van der Waals surface area contributed by atoms with Crippen LogP contribution >= 0.6 is 12.2 Å². The molecule has 0 aliphatic carbocycles. The number of nitrogens with zero attached hydrogens (tertiary/aromatic N) is 1. The monoisotopic (exact) mass is 146 g/mol. The zero-order valence-electron chi connectivity index (χ0n) is 6.05. The summed E-state index contributed by atoms with van der Waals surface area (Å²) < 4.78 is 0. The van der Waals surface area contributed by atoms with Gasteiger partial charge in [-0.3, -0.25) is 0 Å². The molecule has 0 aliphatic heterocycles. The Balaban J connectivity index is 2.96. The van der Waals surface area contributed by atoms with Gasteiger partial charge in [0, 0.05) is 13.6 Å². The molecule has 9 heavy (non-hydrogen) atoms. The Morgan fingerprint density at radius 2 is 2.33 bits per heavy atom. The van der Waals surface area contributed by atoms with E-state index in [1.165, 1.54) is 12.8 Å². The highest BCUT2D eigenvalue weighted by Gasteiger charge is 1.85. The van der Waals surface area contributed by atoms with Gasteiger partial charge in [0.05, 0.1) is 5.49 Å². The van der Waals surface area contributed by atoms with E-state index in [0.717, 1.165) is 6.54 Å². The fourth-order valence-corrected chi connectivity index (χ4v) is 0.544. The van der Waals surface area contributed by atoms with Crippen LogP contribution in [0.5, 0.6) is 0 Å². The zero-order chi connectivity index (χ0) is 7.11. The first kappa shape index (κ1) is 8.85. The average molecular weight is 146 g/mol. The summed E-state index contributed by atoms with van der Waals surface area (Å²) in [4.78, 5) is 0. The highest BCUT2D eigenvalue weighted by molar-refractivity contribution is 7.78. The lowest BCUT2D eigenvalue weighted by Crippen LogP contribution is -2.32. The molecular weight excluding hydrogens is 132 g/mol. The lowest BCUT2D eigenvalue weighted by molar-refractivity contribution is 0.377. The highest BCUT2D eigenvalue weighted by Crippen LogP contribution is 1.82. The molecule has 0 aromatic carbocycles. The molecule has 0 radical (unpaired) electrons. The van der Waals surface area contributed by atoms with Crippen LogP contribution in [0.2, 0.25) is 0 Å². The van der Waals surface area contributed by atoms with Crippen molar-refractivity contribution in [2.75, 3.05) is 13.6 Å². The lowest BCUT2D eigenvalue weighted by atomic mass is 10.3. The molecule has 0 aliphatic rings. The van der Waals surface area contributed by atoms with Crippen molar-refractivity contribution in [1.29, 1.82) is 0 Å². The fourth-order valence-electron chi connectivity index (χ4n) is 0.469. The van der Waals surface area contributed by atoms with Crippen molar-refractivity contribution in [2.45, 2.75) is 19.8 Å². The Morgan fingerprint density at radius 3 is 2.78 bits per heavy atom. The lowest BCUT2D eigenvalue weighted by Gasteiger charge is -2.12. The maximum atomic E-state index is 4.66. The topological polar surface area (TPSA) is 15.3 Å². The van der Waals surface area contributed by atoms with E-state index >= 15 is 0 Å². The van der Waals surface area contributed by atoms with Crippen molar-refractivity contribution in [3.63, 3.8) is 0 Å². The van der Waals surface area contributed by atoms with Gasteiger partial charge >= 0.3 is 0 Å². The van der Waals surface area contributed by atoms with Crippen LogP contribution in [0.4, 0.5) is 0 Å². The predicted octanol–water partition coefficient (Wildman–Crippen LogP) is 1.18. The van der Waals surface area contributed by atoms with Crippen LogP contribution in [-0.4, -0.2) is 24.1 Å². The minimum Gasteiger partial charge on any atom is -0.308 e. The van der Waals surface area contributed by atoms with Crippen molar-refractivity contribution in [3.05, 3.63) is 0 Å². The van der Waals surface area contributed by atoms with Crippen LogP contribution < -0.4 is 5.43 Å². The smallest absolute Gasteiger partial charge is 0.0784 e. The molecule has 0 spiro atoms. The maximum absolute atomic E-state index is 4.66. The van der Waals surface area contributed by atoms with E-state index in [4.69, 9.17) is 0 Å². The molecule has 0 amide bonds. The zero-order valence-corrected chi connectivity index (χ0v) is 6.87. The van der Waals surface area contributed by atoms with E-state index < -0.39 is 0 Å². The van der Waals surface area contributed by atoms with Gasteiger partial charge in [-0.05, 0) is 6.42 Å². The number of rotatable bonds is 5. The predicted molar refractivity (Wildman–Crippen MR) is 44.3 cm³/mol. The number of thiocarbonyl (C=S) groups is 1.